The molecule has 1 aromatic carbocycles. The van der Waals surface area contributed by atoms with Gasteiger partial charge in [-0.2, -0.15) is 0 Å². The fourth-order valence-electron chi connectivity index (χ4n) is 1.49. The van der Waals surface area contributed by atoms with Crippen LogP contribution in [0.25, 0.3) is 0 Å². The molecule has 16 heavy (non-hydrogen) atoms. The Morgan fingerprint density at radius 1 is 1.44 bits per heavy atom. The van der Waals surface area contributed by atoms with Crippen LogP contribution in [0.1, 0.15) is 25.0 Å². The van der Waals surface area contributed by atoms with Crippen LogP contribution in [0.5, 0.6) is 0 Å². The van der Waals surface area contributed by atoms with Gasteiger partial charge in [-0.1, -0.05) is 19.9 Å². The number of hydrogen-bond donors (Lipinski definition) is 1. The van der Waals surface area contributed by atoms with E-state index >= 15 is 0 Å². The Hall–Kier alpha value is -1.22. The summed E-state index contributed by atoms with van der Waals surface area (Å²) in [7, 11) is 0. The second-order valence-electron chi connectivity index (χ2n) is 4.40. The molecule has 0 aliphatic carbocycles. The molecule has 0 aliphatic heterocycles. The summed E-state index contributed by atoms with van der Waals surface area (Å²) < 4.78 is 13.0. The van der Waals surface area contributed by atoms with Crippen molar-refractivity contribution in [3.8, 4) is 0 Å². The molecule has 0 radical (unpaired) electrons. The van der Waals surface area contributed by atoms with E-state index in [9.17, 15) is 14.3 Å². The first kappa shape index (κ1) is 12.8. The topological polar surface area (TPSA) is 37.3 Å². The zero-order valence-electron chi connectivity index (χ0n) is 9.83. The summed E-state index contributed by atoms with van der Waals surface area (Å²) in [5.41, 5.74) is 1.51. The molecule has 88 valence electrons. The molecule has 0 saturated heterocycles. The van der Waals surface area contributed by atoms with Gasteiger partial charge in [-0.25, -0.2) is 4.39 Å². The fourth-order valence-corrected chi connectivity index (χ4v) is 1.49. The lowest BCUT2D eigenvalue weighted by Crippen LogP contribution is -2.27. The molecule has 1 unspecified atom stereocenters. The largest absolute Gasteiger partial charge is 0.385 e. The van der Waals surface area contributed by atoms with E-state index in [1.165, 1.54) is 12.1 Å². The van der Waals surface area contributed by atoms with E-state index in [0.717, 1.165) is 5.56 Å². The van der Waals surface area contributed by atoms with Gasteiger partial charge in [0, 0.05) is 6.42 Å². The third-order valence-corrected chi connectivity index (χ3v) is 2.64. The first-order valence-corrected chi connectivity index (χ1v) is 5.37. The summed E-state index contributed by atoms with van der Waals surface area (Å²) in [5.74, 6) is -0.725. The number of hydrogen-bond acceptors (Lipinski definition) is 2. The Labute approximate surface area is 95.1 Å². The van der Waals surface area contributed by atoms with Crippen LogP contribution in [-0.4, -0.2) is 17.0 Å². The van der Waals surface area contributed by atoms with Crippen molar-refractivity contribution in [3.63, 3.8) is 0 Å². The minimum atomic E-state index is -0.970. The van der Waals surface area contributed by atoms with Crippen LogP contribution in [-0.2, 0) is 11.2 Å². The second-order valence-corrected chi connectivity index (χ2v) is 4.40. The predicted octanol–water partition coefficient (Wildman–Crippen LogP) is 2.26. The van der Waals surface area contributed by atoms with Gasteiger partial charge in [0.1, 0.15) is 11.9 Å². The Morgan fingerprint density at radius 2 is 2.06 bits per heavy atom. The maximum atomic E-state index is 13.0. The van der Waals surface area contributed by atoms with Gasteiger partial charge in [0.25, 0.3) is 0 Å². The highest BCUT2D eigenvalue weighted by molar-refractivity contribution is 5.85. The summed E-state index contributed by atoms with van der Waals surface area (Å²) in [6.45, 7) is 5.38. The smallest absolute Gasteiger partial charge is 0.165 e. The lowest BCUT2D eigenvalue weighted by molar-refractivity contribution is -0.128. The van der Waals surface area contributed by atoms with Crippen molar-refractivity contribution in [2.75, 3.05) is 0 Å². The van der Waals surface area contributed by atoms with Crippen LogP contribution in [0, 0.1) is 18.7 Å². The molecule has 0 aliphatic rings. The zero-order chi connectivity index (χ0) is 12.3. The van der Waals surface area contributed by atoms with E-state index < -0.39 is 6.10 Å². The van der Waals surface area contributed by atoms with Gasteiger partial charge in [0.05, 0.1) is 0 Å². The number of carbonyl (C=O) groups is 1. The first-order chi connectivity index (χ1) is 7.41. The first-order valence-electron chi connectivity index (χ1n) is 5.37. The van der Waals surface area contributed by atoms with E-state index in [1.807, 2.05) is 6.92 Å². The molecular formula is C13H17FO2. The molecule has 0 fully saturated rings. The SMILES string of the molecule is Cc1ccc(F)cc1CC(=O)C(O)C(C)C. The van der Waals surface area contributed by atoms with E-state index in [1.54, 1.807) is 19.9 Å². The van der Waals surface area contributed by atoms with Crippen LogP contribution in [0.2, 0.25) is 0 Å². The van der Waals surface area contributed by atoms with Gasteiger partial charge >= 0.3 is 0 Å². The molecule has 0 aromatic heterocycles. The molecule has 0 heterocycles. The van der Waals surface area contributed by atoms with E-state index in [-0.39, 0.29) is 23.9 Å². The Bertz CT molecular complexity index is 386. The minimum absolute atomic E-state index is 0.0862. The van der Waals surface area contributed by atoms with Crippen molar-refractivity contribution in [1.29, 1.82) is 0 Å². The van der Waals surface area contributed by atoms with Crippen molar-refractivity contribution in [2.24, 2.45) is 5.92 Å². The van der Waals surface area contributed by atoms with Crippen LogP contribution < -0.4 is 0 Å². The van der Waals surface area contributed by atoms with E-state index in [2.05, 4.69) is 0 Å². The number of benzene rings is 1. The third-order valence-electron chi connectivity index (χ3n) is 2.64. The number of Topliss-reactive ketones (excluding diaryl/α,β-unsaturated/α-hetero) is 1. The van der Waals surface area contributed by atoms with Gasteiger partial charge in [-0.15, -0.1) is 0 Å². The number of carbonyl (C=O) groups excluding carboxylic acids is 1. The van der Waals surface area contributed by atoms with Crippen LogP contribution in [0.4, 0.5) is 4.39 Å². The molecule has 1 atom stereocenters. The zero-order valence-corrected chi connectivity index (χ0v) is 9.83. The number of ketones is 1. The van der Waals surface area contributed by atoms with E-state index in [0.29, 0.717) is 5.56 Å². The average Bonchev–Trinajstić information content (AvgIpc) is 2.22. The maximum Gasteiger partial charge on any atom is 0.165 e. The summed E-state index contributed by atoms with van der Waals surface area (Å²) in [6.07, 6.45) is -0.884. The van der Waals surface area contributed by atoms with Crippen LogP contribution in [0.3, 0.4) is 0 Å². The fraction of sp³-hybridized carbons (Fsp3) is 0.462. The number of aliphatic hydroxyl groups is 1. The van der Waals surface area contributed by atoms with Crippen LogP contribution >= 0.6 is 0 Å². The van der Waals surface area contributed by atoms with Crippen molar-refractivity contribution in [2.45, 2.75) is 33.3 Å². The van der Waals surface area contributed by atoms with Gasteiger partial charge in [-0.3, -0.25) is 4.79 Å². The van der Waals surface area contributed by atoms with Crippen molar-refractivity contribution >= 4 is 5.78 Å². The number of aryl methyl sites for hydroxylation is 1. The highest BCUT2D eigenvalue weighted by Crippen LogP contribution is 2.13. The number of halogens is 1. The Morgan fingerprint density at radius 3 is 2.62 bits per heavy atom. The lowest BCUT2D eigenvalue weighted by Gasteiger charge is -2.13. The molecule has 1 N–H and O–H groups in total. The highest BCUT2D eigenvalue weighted by Gasteiger charge is 2.19. The standard InChI is InChI=1S/C13H17FO2/c1-8(2)13(16)12(15)7-10-6-11(14)5-4-9(10)3/h4-6,8,13,16H,7H2,1-3H3. The molecule has 3 heteroatoms. The van der Waals surface area contributed by atoms with Crippen molar-refractivity contribution < 1.29 is 14.3 Å². The minimum Gasteiger partial charge on any atom is -0.385 e. The molecule has 0 saturated carbocycles. The average molecular weight is 224 g/mol. The van der Waals surface area contributed by atoms with Gasteiger partial charge < -0.3 is 5.11 Å². The van der Waals surface area contributed by atoms with Crippen molar-refractivity contribution in [3.05, 3.63) is 35.1 Å². The summed E-state index contributed by atoms with van der Waals surface area (Å²) in [4.78, 5) is 11.6. The summed E-state index contributed by atoms with van der Waals surface area (Å²) in [5, 5.41) is 9.57. The third kappa shape index (κ3) is 3.14. The van der Waals surface area contributed by atoms with Gasteiger partial charge in [0.15, 0.2) is 5.78 Å². The highest BCUT2D eigenvalue weighted by atomic mass is 19.1. The van der Waals surface area contributed by atoms with Gasteiger partial charge in [-0.05, 0) is 36.1 Å². The molecule has 1 rings (SSSR count). The Kier molecular flexibility index (Phi) is 4.19. The van der Waals surface area contributed by atoms with Crippen LogP contribution in [0.15, 0.2) is 18.2 Å². The predicted molar refractivity (Wildman–Crippen MR) is 60.7 cm³/mol. The van der Waals surface area contributed by atoms with Gasteiger partial charge in [0.2, 0.25) is 0 Å². The molecular weight excluding hydrogens is 207 g/mol. The number of rotatable bonds is 4. The molecule has 1 aromatic rings. The maximum absolute atomic E-state index is 13.0. The van der Waals surface area contributed by atoms with E-state index in [4.69, 9.17) is 0 Å². The molecule has 0 amide bonds. The monoisotopic (exact) mass is 224 g/mol. The lowest BCUT2D eigenvalue weighted by atomic mass is 9.96. The quantitative estimate of drug-likeness (QED) is 0.851. The van der Waals surface area contributed by atoms with Crippen molar-refractivity contribution in [1.82, 2.24) is 0 Å². The Balaban J connectivity index is 2.80. The second kappa shape index (κ2) is 5.21. The molecule has 0 bridgehead atoms. The normalized spacial score (nSPS) is 12.9. The number of aliphatic hydroxyl groups excluding tert-OH is 1. The summed E-state index contributed by atoms with van der Waals surface area (Å²) >= 11 is 0. The molecule has 0 spiro atoms. The molecule has 2 nitrogen and oxygen atoms in total. The summed E-state index contributed by atoms with van der Waals surface area (Å²) in [6, 6.07) is 4.35.